The average Bonchev–Trinajstić information content (AvgIpc) is 3.05. The smallest absolute Gasteiger partial charge is 0.269 e. The number of nitrogens with zero attached hydrogens (tertiary/aromatic N) is 2. The second kappa shape index (κ2) is 12.1. The fraction of sp³-hybridized carbons (Fsp3) is 0.400. The fourth-order valence-corrected chi connectivity index (χ4v) is 6.02. The maximum Gasteiger partial charge on any atom is 0.269 e. The summed E-state index contributed by atoms with van der Waals surface area (Å²) in [5, 5.41) is 3.55. The lowest BCUT2D eigenvalue weighted by Crippen LogP contribution is -2.49. The summed E-state index contributed by atoms with van der Waals surface area (Å²) < 4.78 is 26.4. The number of hydrogen-bond acceptors (Lipinski definition) is 5. The Kier molecular flexibility index (Phi) is 9.38. The summed E-state index contributed by atoms with van der Waals surface area (Å²) in [6, 6.07) is 10.3. The van der Waals surface area contributed by atoms with E-state index in [9.17, 15) is 22.8 Å². The van der Waals surface area contributed by atoms with Crippen LogP contribution in [0.2, 0.25) is 10.0 Å². The minimum absolute atomic E-state index is 0.0267. The van der Waals surface area contributed by atoms with Crippen LogP contribution in [0.25, 0.3) is 0 Å². The van der Waals surface area contributed by atoms with Gasteiger partial charge in [0.15, 0.2) is 0 Å². The number of rotatable bonds is 11. The summed E-state index contributed by atoms with van der Waals surface area (Å²) in [7, 11) is -3.95. The van der Waals surface area contributed by atoms with E-state index in [1.165, 1.54) is 17.0 Å². The zero-order valence-electron chi connectivity index (χ0n) is 20.2. The zero-order chi connectivity index (χ0) is 26.5. The molecule has 11 heteroatoms. The van der Waals surface area contributed by atoms with Gasteiger partial charge in [0.1, 0.15) is 10.9 Å². The van der Waals surface area contributed by atoms with Gasteiger partial charge in [-0.2, -0.15) is 0 Å². The van der Waals surface area contributed by atoms with E-state index >= 15 is 0 Å². The number of carbonyl (C=O) groups is 3. The summed E-state index contributed by atoms with van der Waals surface area (Å²) in [5.74, 6) is -1.20. The third kappa shape index (κ3) is 6.02. The van der Waals surface area contributed by atoms with Crippen LogP contribution in [-0.2, 0) is 26.2 Å². The normalized spacial score (nSPS) is 14.9. The van der Waals surface area contributed by atoms with Crippen molar-refractivity contribution in [1.29, 1.82) is 0 Å². The number of amides is 3. The number of sulfonamides is 1. The number of benzene rings is 2. The standard InChI is InChI=1S/C25H29Cl2N3O5S/c1-3-13-28-24(32)21(4-2)29(16-17-11-12-19(26)20(27)15-17)23(31)10-7-14-30-25(33)18-8-5-6-9-22(18)36(30,34)35/h5-6,8-9,11-12,15,21H,3-4,7,10,13-14,16H2,1-2H3,(H,28,32)/t21-/m1/s1. The van der Waals surface area contributed by atoms with Crippen LogP contribution in [0.3, 0.4) is 0 Å². The summed E-state index contributed by atoms with van der Waals surface area (Å²) >= 11 is 12.2. The largest absolute Gasteiger partial charge is 0.354 e. The zero-order valence-corrected chi connectivity index (χ0v) is 22.5. The van der Waals surface area contributed by atoms with Gasteiger partial charge < -0.3 is 10.2 Å². The van der Waals surface area contributed by atoms with Gasteiger partial charge in [-0.15, -0.1) is 0 Å². The Morgan fingerprint density at radius 3 is 2.44 bits per heavy atom. The molecule has 3 rings (SSSR count). The predicted octanol–water partition coefficient (Wildman–Crippen LogP) is 4.25. The molecular formula is C25H29Cl2N3O5S. The van der Waals surface area contributed by atoms with Crippen molar-refractivity contribution >= 4 is 50.9 Å². The van der Waals surface area contributed by atoms with Crippen molar-refractivity contribution in [2.45, 2.75) is 57.0 Å². The number of fused-ring (bicyclic) bond motifs is 1. The summed E-state index contributed by atoms with van der Waals surface area (Å²) in [5.41, 5.74) is 0.830. The Morgan fingerprint density at radius 2 is 1.81 bits per heavy atom. The van der Waals surface area contributed by atoms with Gasteiger partial charge in [-0.3, -0.25) is 14.4 Å². The Morgan fingerprint density at radius 1 is 1.08 bits per heavy atom. The van der Waals surface area contributed by atoms with Crippen LogP contribution in [0.5, 0.6) is 0 Å². The molecule has 2 aromatic rings. The van der Waals surface area contributed by atoms with E-state index in [-0.39, 0.29) is 48.2 Å². The lowest BCUT2D eigenvalue weighted by molar-refractivity contribution is -0.141. The average molecular weight is 554 g/mol. The van der Waals surface area contributed by atoms with Gasteiger partial charge in [-0.25, -0.2) is 12.7 Å². The summed E-state index contributed by atoms with van der Waals surface area (Å²) in [6.07, 6.45) is 1.21. The highest BCUT2D eigenvalue weighted by Gasteiger charge is 2.40. The molecule has 0 spiro atoms. The van der Waals surface area contributed by atoms with Crippen molar-refractivity contribution in [3.8, 4) is 0 Å². The fourth-order valence-electron chi connectivity index (χ4n) is 4.09. The molecule has 0 saturated carbocycles. The summed E-state index contributed by atoms with van der Waals surface area (Å²) in [4.78, 5) is 40.3. The van der Waals surface area contributed by atoms with Crippen LogP contribution >= 0.6 is 23.2 Å². The number of hydrogen-bond donors (Lipinski definition) is 1. The van der Waals surface area contributed by atoms with Crippen LogP contribution in [0.1, 0.15) is 55.5 Å². The van der Waals surface area contributed by atoms with Crippen LogP contribution in [0, 0.1) is 0 Å². The number of carbonyl (C=O) groups excluding carboxylic acids is 3. The van der Waals surface area contributed by atoms with Crippen molar-refractivity contribution in [3.63, 3.8) is 0 Å². The van der Waals surface area contributed by atoms with Gasteiger partial charge in [-0.05, 0) is 49.1 Å². The Hall–Kier alpha value is -2.62. The lowest BCUT2D eigenvalue weighted by Gasteiger charge is -2.31. The second-order valence-electron chi connectivity index (χ2n) is 8.47. The molecule has 1 heterocycles. The first-order valence-electron chi connectivity index (χ1n) is 11.8. The van der Waals surface area contributed by atoms with Gasteiger partial charge >= 0.3 is 0 Å². The minimum Gasteiger partial charge on any atom is -0.354 e. The van der Waals surface area contributed by atoms with E-state index in [0.29, 0.717) is 28.6 Å². The molecule has 3 amide bonds. The molecular weight excluding hydrogens is 525 g/mol. The first-order valence-corrected chi connectivity index (χ1v) is 14.0. The van der Waals surface area contributed by atoms with E-state index in [1.54, 1.807) is 30.3 Å². The topological polar surface area (TPSA) is 104 Å². The highest BCUT2D eigenvalue weighted by atomic mass is 35.5. The number of nitrogens with one attached hydrogen (secondary N) is 1. The quantitative estimate of drug-likeness (QED) is 0.447. The molecule has 0 fully saturated rings. The van der Waals surface area contributed by atoms with E-state index in [1.807, 2.05) is 13.8 Å². The molecule has 0 saturated heterocycles. The van der Waals surface area contributed by atoms with Gasteiger partial charge in [0.05, 0.1) is 15.6 Å². The molecule has 1 aliphatic rings. The third-order valence-electron chi connectivity index (χ3n) is 5.94. The van der Waals surface area contributed by atoms with Crippen LogP contribution < -0.4 is 5.32 Å². The molecule has 0 aromatic heterocycles. The van der Waals surface area contributed by atoms with Crippen molar-refractivity contribution in [2.75, 3.05) is 13.1 Å². The van der Waals surface area contributed by atoms with Gasteiger partial charge in [-0.1, -0.05) is 55.2 Å². The molecule has 0 unspecified atom stereocenters. The first-order chi connectivity index (χ1) is 17.1. The number of halogens is 2. The van der Waals surface area contributed by atoms with E-state index < -0.39 is 22.0 Å². The summed E-state index contributed by atoms with van der Waals surface area (Å²) in [6.45, 7) is 4.23. The monoisotopic (exact) mass is 553 g/mol. The van der Waals surface area contributed by atoms with E-state index in [0.717, 1.165) is 10.7 Å². The molecule has 1 N–H and O–H groups in total. The van der Waals surface area contributed by atoms with E-state index in [4.69, 9.17) is 23.2 Å². The molecule has 36 heavy (non-hydrogen) atoms. The Labute approximate surface area is 221 Å². The van der Waals surface area contributed by atoms with Crippen LogP contribution in [-0.4, -0.2) is 54.5 Å². The molecule has 1 aliphatic heterocycles. The highest BCUT2D eigenvalue weighted by molar-refractivity contribution is 7.90. The minimum atomic E-state index is -3.95. The highest BCUT2D eigenvalue weighted by Crippen LogP contribution is 2.30. The van der Waals surface area contributed by atoms with Gasteiger partial charge in [0.2, 0.25) is 11.8 Å². The van der Waals surface area contributed by atoms with Crippen molar-refractivity contribution in [3.05, 3.63) is 63.6 Å². The first kappa shape index (κ1) is 28.0. The lowest BCUT2D eigenvalue weighted by atomic mass is 10.1. The van der Waals surface area contributed by atoms with Crippen molar-refractivity contribution in [2.24, 2.45) is 0 Å². The molecule has 0 aliphatic carbocycles. The molecule has 2 aromatic carbocycles. The van der Waals surface area contributed by atoms with Gasteiger partial charge in [0.25, 0.3) is 15.9 Å². The molecule has 194 valence electrons. The molecule has 0 bridgehead atoms. The van der Waals surface area contributed by atoms with Crippen LogP contribution in [0.4, 0.5) is 0 Å². The van der Waals surface area contributed by atoms with Crippen molar-refractivity contribution < 1.29 is 22.8 Å². The molecule has 1 atom stereocenters. The third-order valence-corrected chi connectivity index (χ3v) is 8.52. The van der Waals surface area contributed by atoms with Gasteiger partial charge in [0, 0.05) is 26.1 Å². The Bertz CT molecular complexity index is 1250. The Balaban J connectivity index is 1.75. The van der Waals surface area contributed by atoms with Crippen molar-refractivity contribution in [1.82, 2.24) is 14.5 Å². The maximum absolute atomic E-state index is 13.3. The second-order valence-corrected chi connectivity index (χ2v) is 11.1. The molecule has 0 radical (unpaired) electrons. The maximum atomic E-state index is 13.3. The van der Waals surface area contributed by atoms with Crippen LogP contribution in [0.15, 0.2) is 47.4 Å². The molecule has 8 nitrogen and oxygen atoms in total. The SMILES string of the molecule is CCCNC(=O)[C@@H](CC)N(Cc1ccc(Cl)c(Cl)c1)C(=O)CCCN1C(=O)c2ccccc2S1(=O)=O. The predicted molar refractivity (Wildman–Crippen MR) is 138 cm³/mol. The van der Waals surface area contributed by atoms with E-state index in [2.05, 4.69) is 5.32 Å².